The highest BCUT2D eigenvalue weighted by atomic mass is 19.4. The highest BCUT2D eigenvalue weighted by Gasteiger charge is 2.33. The standard InChI is InChI=1S/C22H23F4N5/c1-2-28-21(30-13-18-7-8-19(23)11-20(18)22(24,25)26)29-12-16-3-5-17(6-4-16)14-31-10-9-27-15-31/h3-11,15H,2,12-14H2,1H3,(H2,28,29,30). The molecule has 5 nitrogen and oxygen atoms in total. The number of aliphatic imine (C=N–C) groups is 1. The van der Waals surface area contributed by atoms with Gasteiger partial charge in [-0.05, 0) is 35.7 Å². The fourth-order valence-corrected chi connectivity index (χ4v) is 3.00. The second-order valence-corrected chi connectivity index (χ2v) is 6.90. The lowest BCUT2D eigenvalue weighted by Crippen LogP contribution is -2.37. The minimum atomic E-state index is -4.63. The SMILES string of the molecule is CCNC(=NCc1ccc(Cn2ccnc2)cc1)NCc1ccc(F)cc1C(F)(F)F. The van der Waals surface area contributed by atoms with Crippen molar-refractivity contribution in [2.45, 2.75) is 32.7 Å². The van der Waals surface area contributed by atoms with Crippen molar-refractivity contribution in [1.82, 2.24) is 20.2 Å². The number of nitrogens with zero attached hydrogens (tertiary/aromatic N) is 3. The topological polar surface area (TPSA) is 54.2 Å². The summed E-state index contributed by atoms with van der Waals surface area (Å²) in [5.74, 6) is -0.546. The maximum Gasteiger partial charge on any atom is 0.416 e. The minimum absolute atomic E-state index is 0.0524. The molecule has 0 fully saturated rings. The Kier molecular flexibility index (Phi) is 7.28. The van der Waals surface area contributed by atoms with Crippen LogP contribution in [0.1, 0.15) is 29.2 Å². The zero-order valence-corrected chi connectivity index (χ0v) is 17.0. The second-order valence-electron chi connectivity index (χ2n) is 6.90. The highest BCUT2D eigenvalue weighted by Crippen LogP contribution is 2.32. The highest BCUT2D eigenvalue weighted by molar-refractivity contribution is 5.79. The van der Waals surface area contributed by atoms with Gasteiger partial charge in [0.25, 0.3) is 0 Å². The van der Waals surface area contributed by atoms with Crippen LogP contribution in [0, 0.1) is 5.82 Å². The van der Waals surface area contributed by atoms with E-state index in [1.807, 2.05) is 42.0 Å². The van der Waals surface area contributed by atoms with Crippen molar-refractivity contribution < 1.29 is 17.6 Å². The number of benzene rings is 2. The number of nitrogens with one attached hydrogen (secondary N) is 2. The van der Waals surface area contributed by atoms with E-state index in [0.717, 1.165) is 23.3 Å². The summed E-state index contributed by atoms with van der Waals surface area (Å²) < 4.78 is 54.8. The fourth-order valence-electron chi connectivity index (χ4n) is 3.00. The van der Waals surface area contributed by atoms with Crippen LogP contribution >= 0.6 is 0 Å². The molecule has 0 aliphatic rings. The van der Waals surface area contributed by atoms with Crippen LogP contribution in [0.15, 0.2) is 66.2 Å². The molecule has 0 saturated carbocycles. The van der Waals surface area contributed by atoms with Crippen molar-refractivity contribution in [3.05, 3.63) is 89.3 Å². The Bertz CT molecular complexity index is 996. The molecule has 0 radical (unpaired) electrons. The van der Waals surface area contributed by atoms with Gasteiger partial charge >= 0.3 is 6.18 Å². The van der Waals surface area contributed by atoms with E-state index in [0.29, 0.717) is 31.7 Å². The summed E-state index contributed by atoms with van der Waals surface area (Å²) >= 11 is 0. The largest absolute Gasteiger partial charge is 0.416 e. The van der Waals surface area contributed by atoms with Crippen LogP contribution in [-0.4, -0.2) is 22.1 Å². The predicted molar refractivity (Wildman–Crippen MR) is 111 cm³/mol. The van der Waals surface area contributed by atoms with Crippen LogP contribution in [0.4, 0.5) is 17.6 Å². The quantitative estimate of drug-likeness (QED) is 0.331. The molecular formula is C22H23F4N5. The van der Waals surface area contributed by atoms with Crippen molar-refractivity contribution in [2.24, 2.45) is 4.99 Å². The first-order valence-corrected chi connectivity index (χ1v) is 9.76. The Hall–Kier alpha value is -3.36. The number of alkyl halides is 3. The summed E-state index contributed by atoms with van der Waals surface area (Å²) in [5.41, 5.74) is 1.03. The molecule has 0 saturated heterocycles. The summed E-state index contributed by atoms with van der Waals surface area (Å²) in [4.78, 5) is 8.45. The number of hydrogen-bond donors (Lipinski definition) is 2. The second kappa shape index (κ2) is 10.1. The van der Waals surface area contributed by atoms with E-state index in [1.165, 1.54) is 0 Å². The average molecular weight is 433 g/mol. The Balaban J connectivity index is 1.64. The van der Waals surface area contributed by atoms with Gasteiger partial charge in [0.05, 0.1) is 18.4 Å². The summed E-state index contributed by atoms with van der Waals surface area (Å²) in [5, 5.41) is 5.89. The van der Waals surface area contributed by atoms with Crippen LogP contribution in [-0.2, 0) is 25.8 Å². The van der Waals surface area contributed by atoms with Crippen LogP contribution in [0.5, 0.6) is 0 Å². The first-order chi connectivity index (χ1) is 14.8. The zero-order valence-electron chi connectivity index (χ0n) is 17.0. The van der Waals surface area contributed by atoms with Gasteiger partial charge in [-0.2, -0.15) is 13.2 Å². The van der Waals surface area contributed by atoms with Crippen molar-refractivity contribution in [2.75, 3.05) is 6.54 Å². The number of hydrogen-bond acceptors (Lipinski definition) is 2. The van der Waals surface area contributed by atoms with Gasteiger partial charge in [0.1, 0.15) is 5.82 Å². The Labute approximate surface area is 177 Å². The van der Waals surface area contributed by atoms with Gasteiger partial charge in [-0.1, -0.05) is 30.3 Å². The molecule has 1 aromatic heterocycles. The molecule has 3 aromatic rings. The summed E-state index contributed by atoms with van der Waals surface area (Å²) in [7, 11) is 0. The lowest BCUT2D eigenvalue weighted by Gasteiger charge is -2.16. The van der Waals surface area contributed by atoms with E-state index in [9.17, 15) is 17.6 Å². The lowest BCUT2D eigenvalue weighted by molar-refractivity contribution is -0.138. The van der Waals surface area contributed by atoms with Crippen molar-refractivity contribution >= 4 is 5.96 Å². The van der Waals surface area contributed by atoms with Gasteiger partial charge in [0, 0.05) is 32.0 Å². The molecule has 3 rings (SSSR count). The van der Waals surface area contributed by atoms with E-state index >= 15 is 0 Å². The molecule has 1 heterocycles. The fraction of sp³-hybridized carbons (Fsp3) is 0.273. The normalized spacial score (nSPS) is 12.1. The van der Waals surface area contributed by atoms with Crippen LogP contribution < -0.4 is 10.6 Å². The van der Waals surface area contributed by atoms with E-state index in [1.54, 1.807) is 12.5 Å². The number of aromatic nitrogens is 2. The molecule has 164 valence electrons. The minimum Gasteiger partial charge on any atom is -0.357 e. The summed E-state index contributed by atoms with van der Waals surface area (Å²) in [6.07, 6.45) is 0.727. The molecule has 2 aromatic carbocycles. The lowest BCUT2D eigenvalue weighted by atomic mass is 10.1. The van der Waals surface area contributed by atoms with Crippen LogP contribution in [0.25, 0.3) is 0 Å². The Morgan fingerprint density at radius 2 is 1.81 bits per heavy atom. The van der Waals surface area contributed by atoms with E-state index in [4.69, 9.17) is 0 Å². The zero-order chi connectivity index (χ0) is 22.3. The van der Waals surface area contributed by atoms with Gasteiger partial charge in [-0.15, -0.1) is 0 Å². The molecule has 9 heteroatoms. The molecule has 31 heavy (non-hydrogen) atoms. The van der Waals surface area contributed by atoms with Gasteiger partial charge in [-0.25, -0.2) is 14.4 Å². The van der Waals surface area contributed by atoms with E-state index in [2.05, 4.69) is 20.6 Å². The van der Waals surface area contributed by atoms with Gasteiger partial charge in [-0.3, -0.25) is 0 Å². The molecule has 0 aliphatic heterocycles. The predicted octanol–water partition coefficient (Wildman–Crippen LogP) is 4.34. The van der Waals surface area contributed by atoms with E-state index < -0.39 is 17.6 Å². The smallest absolute Gasteiger partial charge is 0.357 e. The van der Waals surface area contributed by atoms with Gasteiger partial charge in [0.2, 0.25) is 0 Å². The third-order valence-electron chi connectivity index (χ3n) is 4.53. The Morgan fingerprint density at radius 1 is 1.06 bits per heavy atom. The third kappa shape index (κ3) is 6.56. The maximum absolute atomic E-state index is 13.3. The number of guanidine groups is 1. The molecule has 0 atom stereocenters. The molecule has 0 unspecified atom stereocenters. The average Bonchev–Trinajstić information content (AvgIpc) is 3.24. The summed E-state index contributed by atoms with van der Waals surface area (Å²) in [6, 6.07) is 10.6. The third-order valence-corrected chi connectivity index (χ3v) is 4.53. The molecule has 0 spiro atoms. The molecule has 0 amide bonds. The molecular weight excluding hydrogens is 410 g/mol. The molecule has 2 N–H and O–H groups in total. The molecule has 0 bridgehead atoms. The number of imidazole rings is 1. The van der Waals surface area contributed by atoms with Crippen LogP contribution in [0.2, 0.25) is 0 Å². The molecule has 0 aliphatic carbocycles. The van der Waals surface area contributed by atoms with Crippen molar-refractivity contribution in [1.29, 1.82) is 0 Å². The van der Waals surface area contributed by atoms with Crippen molar-refractivity contribution in [3.63, 3.8) is 0 Å². The maximum atomic E-state index is 13.3. The van der Waals surface area contributed by atoms with Gasteiger partial charge < -0.3 is 15.2 Å². The number of halogens is 4. The number of rotatable bonds is 7. The van der Waals surface area contributed by atoms with Gasteiger partial charge in [0.15, 0.2) is 5.96 Å². The Morgan fingerprint density at radius 3 is 2.45 bits per heavy atom. The first kappa shape index (κ1) is 22.3. The summed E-state index contributed by atoms with van der Waals surface area (Å²) in [6.45, 7) is 3.35. The monoisotopic (exact) mass is 433 g/mol. The first-order valence-electron chi connectivity index (χ1n) is 9.76. The van der Waals surface area contributed by atoms with Crippen molar-refractivity contribution in [3.8, 4) is 0 Å². The van der Waals surface area contributed by atoms with Crippen LogP contribution in [0.3, 0.4) is 0 Å². The van der Waals surface area contributed by atoms with E-state index in [-0.39, 0.29) is 12.1 Å².